The van der Waals surface area contributed by atoms with E-state index in [0.29, 0.717) is 16.8 Å². The molecule has 0 N–H and O–H groups in total. The number of esters is 2. The van der Waals surface area contributed by atoms with Crippen molar-refractivity contribution in [3.63, 3.8) is 0 Å². The molecule has 3 rings (SSSR count). The van der Waals surface area contributed by atoms with E-state index < -0.39 is 45.1 Å². The number of rotatable bonds is 7. The van der Waals surface area contributed by atoms with Gasteiger partial charge in [-0.15, -0.1) is 0 Å². The van der Waals surface area contributed by atoms with E-state index in [9.17, 15) is 27.6 Å². The molecule has 0 aliphatic carbocycles. The van der Waals surface area contributed by atoms with Crippen LogP contribution >= 0.6 is 11.3 Å². The first-order valence-corrected chi connectivity index (χ1v) is 13.5. The maximum absolute atomic E-state index is 12.6. The fourth-order valence-electron chi connectivity index (χ4n) is 3.87. The second-order valence-electron chi connectivity index (χ2n) is 8.19. The summed E-state index contributed by atoms with van der Waals surface area (Å²) in [6, 6.07) is 4.55. The average molecular weight is 526 g/mol. The Morgan fingerprint density at radius 1 is 1.11 bits per heavy atom. The van der Waals surface area contributed by atoms with Crippen LogP contribution in [-0.4, -0.2) is 79.9 Å². The summed E-state index contributed by atoms with van der Waals surface area (Å²) < 4.78 is 36.5. The molecule has 1 aromatic carbocycles. The van der Waals surface area contributed by atoms with E-state index in [0.717, 1.165) is 30.6 Å². The number of hydrogen-bond acceptors (Lipinski definition) is 9. The number of benzene rings is 1. The molecule has 2 heterocycles. The van der Waals surface area contributed by atoms with Crippen molar-refractivity contribution in [1.29, 1.82) is 0 Å². The lowest BCUT2D eigenvalue weighted by molar-refractivity contribution is -0.141. The predicted molar refractivity (Wildman–Crippen MR) is 127 cm³/mol. The molecule has 2 amide bonds. The highest BCUT2D eigenvalue weighted by Gasteiger charge is 2.28. The number of methoxy groups -OCH3 is 2. The van der Waals surface area contributed by atoms with Gasteiger partial charge in [-0.25, -0.2) is 13.2 Å². The maximum atomic E-state index is 12.6. The third-order valence-corrected chi connectivity index (χ3v) is 8.06. The Morgan fingerprint density at radius 2 is 1.86 bits per heavy atom. The lowest BCUT2D eigenvalue weighted by Crippen LogP contribution is -2.45. The third kappa shape index (κ3) is 6.54. The number of aromatic nitrogens is 1. The molecule has 1 aliphatic rings. The Hall–Kier alpha value is -3.06. The molecule has 1 unspecified atom stereocenters. The standard InChI is InChI=1S/C22H27N3O8S2/c1-14-6-4-5-9-24(14)19(27)13-35(30,31)12-18(26)23-22-25(11-20(28)32-2)16-8-7-15(21(29)33-3)10-17(16)34-22/h7-8,10,14H,4-6,9,11-13H2,1-3H3. The molecule has 1 aliphatic heterocycles. The number of likely N-dealkylation sites (tertiary alicyclic amines) is 1. The Bertz CT molecular complexity index is 1330. The Labute approximate surface area is 206 Å². The summed E-state index contributed by atoms with van der Waals surface area (Å²) in [6.45, 7) is 2.09. The summed E-state index contributed by atoms with van der Waals surface area (Å²) in [5.74, 6) is -4.38. The van der Waals surface area contributed by atoms with E-state index in [4.69, 9.17) is 9.47 Å². The van der Waals surface area contributed by atoms with Gasteiger partial charge in [-0.1, -0.05) is 11.3 Å². The zero-order chi connectivity index (χ0) is 25.8. The fourth-order valence-corrected chi connectivity index (χ4v) is 6.04. The van der Waals surface area contributed by atoms with Crippen molar-refractivity contribution in [3.8, 4) is 0 Å². The zero-order valence-corrected chi connectivity index (χ0v) is 21.3. The van der Waals surface area contributed by atoms with Gasteiger partial charge < -0.3 is 18.9 Å². The van der Waals surface area contributed by atoms with Crippen molar-refractivity contribution in [2.75, 3.05) is 32.3 Å². The lowest BCUT2D eigenvalue weighted by atomic mass is 10.0. The van der Waals surface area contributed by atoms with Crippen molar-refractivity contribution in [3.05, 3.63) is 28.6 Å². The van der Waals surface area contributed by atoms with Gasteiger partial charge in [0, 0.05) is 12.6 Å². The van der Waals surface area contributed by atoms with E-state index in [1.54, 1.807) is 6.07 Å². The third-order valence-electron chi connectivity index (χ3n) is 5.65. The minimum absolute atomic E-state index is 0.0439. The summed E-state index contributed by atoms with van der Waals surface area (Å²) in [4.78, 5) is 54.4. The van der Waals surface area contributed by atoms with Gasteiger partial charge in [0.25, 0.3) is 5.91 Å². The summed E-state index contributed by atoms with van der Waals surface area (Å²) in [6.07, 6.45) is 2.61. The minimum Gasteiger partial charge on any atom is -0.468 e. The van der Waals surface area contributed by atoms with E-state index in [1.165, 1.54) is 35.8 Å². The van der Waals surface area contributed by atoms with Gasteiger partial charge in [-0.05, 0) is 44.4 Å². The largest absolute Gasteiger partial charge is 0.468 e. The first-order valence-electron chi connectivity index (χ1n) is 10.9. The first-order chi connectivity index (χ1) is 16.5. The highest BCUT2D eigenvalue weighted by Crippen LogP contribution is 2.20. The first kappa shape index (κ1) is 26.5. The smallest absolute Gasteiger partial charge is 0.337 e. The highest BCUT2D eigenvalue weighted by molar-refractivity contribution is 7.92. The van der Waals surface area contributed by atoms with Crippen LogP contribution in [0.25, 0.3) is 10.2 Å². The Morgan fingerprint density at radius 3 is 2.51 bits per heavy atom. The van der Waals surface area contributed by atoms with Crippen molar-refractivity contribution in [2.45, 2.75) is 38.8 Å². The van der Waals surface area contributed by atoms with Gasteiger partial charge in [0.05, 0.1) is 30.0 Å². The van der Waals surface area contributed by atoms with Gasteiger partial charge in [-0.2, -0.15) is 4.99 Å². The quantitative estimate of drug-likeness (QED) is 0.486. The number of nitrogens with zero attached hydrogens (tertiary/aromatic N) is 3. The van der Waals surface area contributed by atoms with Crippen LogP contribution in [0.15, 0.2) is 23.2 Å². The number of thiazole rings is 1. The molecule has 190 valence electrons. The highest BCUT2D eigenvalue weighted by atomic mass is 32.2. The lowest BCUT2D eigenvalue weighted by Gasteiger charge is -2.33. The molecular formula is C22H27N3O8S2. The van der Waals surface area contributed by atoms with Crippen LogP contribution in [0, 0.1) is 0 Å². The molecule has 2 aromatic rings. The minimum atomic E-state index is -4.06. The van der Waals surface area contributed by atoms with Crippen LogP contribution in [0.1, 0.15) is 36.5 Å². The number of carbonyl (C=O) groups excluding carboxylic acids is 4. The van der Waals surface area contributed by atoms with Crippen LogP contribution < -0.4 is 4.80 Å². The topological polar surface area (TPSA) is 141 Å². The monoisotopic (exact) mass is 525 g/mol. The van der Waals surface area contributed by atoms with E-state index in [-0.39, 0.29) is 23.0 Å². The predicted octanol–water partition coefficient (Wildman–Crippen LogP) is 0.906. The van der Waals surface area contributed by atoms with Crippen molar-refractivity contribution >= 4 is 55.1 Å². The summed E-state index contributed by atoms with van der Waals surface area (Å²) in [5.41, 5.74) is 0.758. The molecule has 1 atom stereocenters. The van der Waals surface area contributed by atoms with E-state index in [2.05, 4.69) is 4.99 Å². The van der Waals surface area contributed by atoms with Crippen LogP contribution in [0.3, 0.4) is 0 Å². The number of fused-ring (bicyclic) bond motifs is 1. The molecule has 1 saturated heterocycles. The van der Waals surface area contributed by atoms with E-state index >= 15 is 0 Å². The van der Waals surface area contributed by atoms with Crippen LogP contribution in [0.5, 0.6) is 0 Å². The van der Waals surface area contributed by atoms with Gasteiger partial charge in [0.2, 0.25) is 5.91 Å². The number of amides is 2. The summed E-state index contributed by atoms with van der Waals surface area (Å²) in [7, 11) is -1.60. The van der Waals surface area contributed by atoms with Gasteiger partial charge in [0.15, 0.2) is 14.6 Å². The molecule has 11 nitrogen and oxygen atoms in total. The summed E-state index contributed by atoms with van der Waals surface area (Å²) >= 11 is 1.000. The molecule has 13 heteroatoms. The fraction of sp³-hybridized carbons (Fsp3) is 0.500. The van der Waals surface area contributed by atoms with Crippen molar-refractivity contribution in [1.82, 2.24) is 9.47 Å². The number of ether oxygens (including phenoxy) is 2. The van der Waals surface area contributed by atoms with Gasteiger partial charge >= 0.3 is 11.9 Å². The number of carbonyl (C=O) groups is 4. The molecule has 0 saturated carbocycles. The Kier molecular flexibility index (Phi) is 8.43. The van der Waals surface area contributed by atoms with Crippen molar-refractivity contribution < 1.29 is 37.1 Å². The Balaban J connectivity index is 1.88. The van der Waals surface area contributed by atoms with Crippen LogP contribution in [0.4, 0.5) is 0 Å². The molecule has 1 aromatic heterocycles. The van der Waals surface area contributed by atoms with E-state index in [1.807, 2.05) is 6.92 Å². The SMILES string of the molecule is COC(=O)Cn1c(=NC(=O)CS(=O)(=O)CC(=O)N2CCCCC2C)sc2cc(C(=O)OC)ccc21. The average Bonchev–Trinajstić information content (AvgIpc) is 3.13. The second kappa shape index (κ2) is 11.1. The molecule has 0 bridgehead atoms. The second-order valence-corrected chi connectivity index (χ2v) is 11.3. The maximum Gasteiger partial charge on any atom is 0.337 e. The number of sulfone groups is 1. The van der Waals surface area contributed by atoms with Gasteiger partial charge in [0.1, 0.15) is 18.1 Å². The molecule has 0 spiro atoms. The molecule has 35 heavy (non-hydrogen) atoms. The number of hydrogen-bond donors (Lipinski definition) is 0. The van der Waals surface area contributed by atoms with Crippen molar-refractivity contribution in [2.24, 2.45) is 4.99 Å². The molecular weight excluding hydrogens is 498 g/mol. The molecule has 0 radical (unpaired) electrons. The summed E-state index contributed by atoms with van der Waals surface area (Å²) in [5, 5.41) is 0. The molecule has 1 fully saturated rings. The van der Waals surface area contributed by atoms with Gasteiger partial charge in [-0.3, -0.25) is 14.4 Å². The van der Waals surface area contributed by atoms with Crippen LogP contribution in [0.2, 0.25) is 0 Å². The zero-order valence-electron chi connectivity index (χ0n) is 19.7. The normalized spacial score (nSPS) is 16.8. The van der Waals surface area contributed by atoms with Crippen LogP contribution in [-0.2, 0) is 40.2 Å². The number of piperidine rings is 1.